The minimum atomic E-state index is -0.0520. The second-order valence-corrected chi connectivity index (χ2v) is 6.40. The molecule has 6 heteroatoms. The molecule has 0 radical (unpaired) electrons. The van der Waals surface area contributed by atoms with Crippen molar-refractivity contribution in [2.75, 3.05) is 19.6 Å². The van der Waals surface area contributed by atoms with Gasteiger partial charge in [-0.3, -0.25) is 9.78 Å². The average molecular weight is 352 g/mol. The number of nitrogens with one attached hydrogen (secondary N) is 2. The first-order valence-corrected chi connectivity index (χ1v) is 9.01. The molecule has 1 aliphatic heterocycles. The predicted octanol–water partition coefficient (Wildman–Crippen LogP) is 2.23. The number of rotatable bonds is 5. The molecule has 3 amide bonds. The Kier molecular flexibility index (Phi) is 6.19. The number of pyridine rings is 1. The van der Waals surface area contributed by atoms with Crippen LogP contribution in [0.3, 0.4) is 0 Å². The normalized spacial score (nSPS) is 14.7. The van der Waals surface area contributed by atoms with Gasteiger partial charge in [0.2, 0.25) is 0 Å². The lowest BCUT2D eigenvalue weighted by molar-refractivity contribution is 0.0918. The van der Waals surface area contributed by atoms with Crippen molar-refractivity contribution in [2.24, 2.45) is 0 Å². The summed E-state index contributed by atoms with van der Waals surface area (Å²) in [6.07, 6.45) is 4.01. The highest BCUT2D eigenvalue weighted by Crippen LogP contribution is 2.11. The van der Waals surface area contributed by atoms with Gasteiger partial charge < -0.3 is 15.5 Å². The molecule has 3 rings (SSSR count). The second-order valence-electron chi connectivity index (χ2n) is 6.40. The third kappa shape index (κ3) is 5.05. The van der Waals surface area contributed by atoms with Crippen LogP contribution in [0, 0.1) is 0 Å². The van der Waals surface area contributed by atoms with Crippen LogP contribution in [0.25, 0.3) is 0 Å². The van der Waals surface area contributed by atoms with Gasteiger partial charge in [-0.15, -0.1) is 0 Å². The van der Waals surface area contributed by atoms with Gasteiger partial charge in [-0.05, 0) is 37.1 Å². The van der Waals surface area contributed by atoms with Crippen LogP contribution in [-0.4, -0.2) is 47.5 Å². The quantitative estimate of drug-likeness (QED) is 0.867. The number of carbonyl (C=O) groups is 2. The zero-order valence-electron chi connectivity index (χ0n) is 14.7. The molecule has 1 aliphatic rings. The number of urea groups is 1. The van der Waals surface area contributed by atoms with Gasteiger partial charge in [-0.1, -0.05) is 24.3 Å². The highest BCUT2D eigenvalue weighted by atomic mass is 16.2. The van der Waals surface area contributed by atoms with E-state index in [9.17, 15) is 9.59 Å². The van der Waals surface area contributed by atoms with E-state index in [0.29, 0.717) is 25.2 Å². The van der Waals surface area contributed by atoms with Crippen LogP contribution in [0.1, 0.15) is 28.9 Å². The predicted molar refractivity (Wildman–Crippen MR) is 99.8 cm³/mol. The molecule has 1 fully saturated rings. The fourth-order valence-corrected chi connectivity index (χ4v) is 3.04. The van der Waals surface area contributed by atoms with E-state index in [-0.39, 0.29) is 18.0 Å². The van der Waals surface area contributed by atoms with Crippen molar-refractivity contribution in [2.45, 2.75) is 25.3 Å². The topological polar surface area (TPSA) is 74.3 Å². The number of benzene rings is 1. The number of hydrogen-bond donors (Lipinski definition) is 2. The molecule has 0 bridgehead atoms. The van der Waals surface area contributed by atoms with E-state index < -0.39 is 0 Å². The van der Waals surface area contributed by atoms with Gasteiger partial charge in [0, 0.05) is 49.6 Å². The summed E-state index contributed by atoms with van der Waals surface area (Å²) in [7, 11) is 0. The Morgan fingerprint density at radius 3 is 2.46 bits per heavy atom. The van der Waals surface area contributed by atoms with Crippen molar-refractivity contribution in [3.8, 4) is 0 Å². The summed E-state index contributed by atoms with van der Waals surface area (Å²) in [5, 5.41) is 6.00. The van der Waals surface area contributed by atoms with E-state index in [1.807, 2.05) is 41.3 Å². The summed E-state index contributed by atoms with van der Waals surface area (Å²) < 4.78 is 0. The van der Waals surface area contributed by atoms with Crippen molar-refractivity contribution < 1.29 is 9.59 Å². The minimum Gasteiger partial charge on any atom is -0.349 e. The summed E-state index contributed by atoms with van der Waals surface area (Å²) in [5.74, 6) is -0.0520. The summed E-state index contributed by atoms with van der Waals surface area (Å²) in [4.78, 5) is 30.5. The van der Waals surface area contributed by atoms with Crippen LogP contribution in [0.5, 0.6) is 0 Å². The van der Waals surface area contributed by atoms with E-state index in [4.69, 9.17) is 0 Å². The number of hydrogen-bond acceptors (Lipinski definition) is 3. The largest absolute Gasteiger partial charge is 0.349 e. The van der Waals surface area contributed by atoms with Crippen LogP contribution in [0.4, 0.5) is 4.79 Å². The van der Waals surface area contributed by atoms with Crippen LogP contribution >= 0.6 is 0 Å². The maximum absolute atomic E-state index is 12.2. The molecule has 6 nitrogen and oxygen atoms in total. The molecule has 0 aliphatic carbocycles. The minimum absolute atomic E-state index is 0.0474. The molecule has 2 heterocycles. The van der Waals surface area contributed by atoms with Gasteiger partial charge in [-0.2, -0.15) is 0 Å². The summed E-state index contributed by atoms with van der Waals surface area (Å²) in [6, 6.07) is 15.0. The van der Waals surface area contributed by atoms with E-state index in [1.54, 1.807) is 18.3 Å². The third-order valence-corrected chi connectivity index (χ3v) is 4.54. The average Bonchev–Trinajstić information content (AvgIpc) is 2.70. The van der Waals surface area contributed by atoms with Gasteiger partial charge in [0.25, 0.3) is 5.91 Å². The van der Waals surface area contributed by atoms with E-state index >= 15 is 0 Å². The van der Waals surface area contributed by atoms with Crippen LogP contribution in [0.2, 0.25) is 0 Å². The highest BCUT2D eigenvalue weighted by Gasteiger charge is 2.23. The standard InChI is InChI=1S/C20H24N4O2/c25-19(16-6-2-1-3-7-16)23-18-10-14-24(15-11-18)20(26)22-13-9-17-8-4-5-12-21-17/h1-8,12,18H,9-11,13-15H2,(H,22,26)(H,23,25). The van der Waals surface area contributed by atoms with E-state index in [0.717, 1.165) is 25.0 Å². The number of aromatic nitrogens is 1. The van der Waals surface area contributed by atoms with Gasteiger partial charge in [0.1, 0.15) is 0 Å². The Hall–Kier alpha value is -2.89. The lowest BCUT2D eigenvalue weighted by atomic mass is 10.0. The SMILES string of the molecule is O=C(NC1CCN(C(=O)NCCc2ccccn2)CC1)c1ccccc1. The highest BCUT2D eigenvalue weighted by molar-refractivity contribution is 5.94. The molecule has 2 N–H and O–H groups in total. The monoisotopic (exact) mass is 352 g/mol. The Balaban J connectivity index is 1.37. The summed E-state index contributed by atoms with van der Waals surface area (Å²) in [5.41, 5.74) is 1.64. The van der Waals surface area contributed by atoms with Crippen molar-refractivity contribution in [3.63, 3.8) is 0 Å². The zero-order valence-corrected chi connectivity index (χ0v) is 14.7. The van der Waals surface area contributed by atoms with Crippen molar-refractivity contribution >= 4 is 11.9 Å². The molecule has 0 saturated carbocycles. The molecule has 0 atom stereocenters. The Morgan fingerprint density at radius 2 is 1.77 bits per heavy atom. The lowest BCUT2D eigenvalue weighted by Crippen LogP contribution is -2.49. The van der Waals surface area contributed by atoms with Crippen molar-refractivity contribution in [1.29, 1.82) is 0 Å². The van der Waals surface area contributed by atoms with Gasteiger partial charge in [-0.25, -0.2) is 4.79 Å². The first-order valence-electron chi connectivity index (χ1n) is 9.01. The molecule has 26 heavy (non-hydrogen) atoms. The fourth-order valence-electron chi connectivity index (χ4n) is 3.04. The Labute approximate surface area is 153 Å². The van der Waals surface area contributed by atoms with E-state index in [2.05, 4.69) is 15.6 Å². The van der Waals surface area contributed by atoms with Gasteiger partial charge in [0.05, 0.1) is 0 Å². The zero-order chi connectivity index (χ0) is 18.2. The van der Waals surface area contributed by atoms with Crippen LogP contribution in [-0.2, 0) is 6.42 Å². The maximum Gasteiger partial charge on any atom is 0.317 e. The fraction of sp³-hybridized carbons (Fsp3) is 0.350. The first-order chi connectivity index (χ1) is 12.7. The smallest absolute Gasteiger partial charge is 0.317 e. The third-order valence-electron chi connectivity index (χ3n) is 4.54. The molecule has 0 unspecified atom stereocenters. The van der Waals surface area contributed by atoms with Gasteiger partial charge >= 0.3 is 6.03 Å². The first kappa shape index (κ1) is 17.9. The molecule has 1 saturated heterocycles. The van der Waals surface area contributed by atoms with Crippen LogP contribution in [0.15, 0.2) is 54.7 Å². The lowest BCUT2D eigenvalue weighted by Gasteiger charge is -2.32. The molecule has 0 spiro atoms. The summed E-state index contributed by atoms with van der Waals surface area (Å²) in [6.45, 7) is 1.87. The number of piperidine rings is 1. The maximum atomic E-state index is 12.2. The Bertz CT molecular complexity index is 713. The molecule has 2 aromatic rings. The number of carbonyl (C=O) groups excluding carboxylic acids is 2. The molecule has 1 aromatic carbocycles. The number of amides is 3. The van der Waals surface area contributed by atoms with Crippen molar-refractivity contribution in [3.05, 3.63) is 66.0 Å². The van der Waals surface area contributed by atoms with Crippen molar-refractivity contribution in [1.82, 2.24) is 20.5 Å². The van der Waals surface area contributed by atoms with Crippen LogP contribution < -0.4 is 10.6 Å². The second kappa shape index (κ2) is 8.99. The summed E-state index contributed by atoms with van der Waals surface area (Å²) >= 11 is 0. The Morgan fingerprint density at radius 1 is 1.04 bits per heavy atom. The molecular weight excluding hydrogens is 328 g/mol. The van der Waals surface area contributed by atoms with Gasteiger partial charge in [0.15, 0.2) is 0 Å². The van der Waals surface area contributed by atoms with E-state index in [1.165, 1.54) is 0 Å². The molecule has 136 valence electrons. The number of likely N-dealkylation sites (tertiary alicyclic amines) is 1. The molecular formula is C20H24N4O2. The number of nitrogens with zero attached hydrogens (tertiary/aromatic N) is 2. The molecule has 1 aromatic heterocycles.